The van der Waals surface area contributed by atoms with E-state index in [1.165, 1.54) is 12.1 Å². The number of hydrogen-bond acceptors (Lipinski definition) is 3. The zero-order valence-corrected chi connectivity index (χ0v) is 9.93. The highest BCUT2D eigenvalue weighted by Gasteiger charge is 2.14. The molecule has 0 aliphatic carbocycles. The molecule has 0 heterocycles. The third-order valence-electron chi connectivity index (χ3n) is 2.25. The lowest BCUT2D eigenvalue weighted by molar-refractivity contribution is 0.0691. The Kier molecular flexibility index (Phi) is 4.66. The van der Waals surface area contributed by atoms with Crippen molar-refractivity contribution in [2.45, 2.75) is 0 Å². The molecule has 0 aromatic heterocycles. The molecule has 0 saturated carbocycles. The molecule has 0 fully saturated rings. The van der Waals surface area contributed by atoms with Gasteiger partial charge in [-0.1, -0.05) is 12.1 Å². The van der Waals surface area contributed by atoms with Crippen LogP contribution in [0.2, 0.25) is 0 Å². The van der Waals surface area contributed by atoms with E-state index in [-0.39, 0.29) is 17.0 Å². The van der Waals surface area contributed by atoms with Gasteiger partial charge in [-0.25, -0.2) is 4.79 Å². The predicted molar refractivity (Wildman–Crippen MR) is 64.3 cm³/mol. The number of amides is 1. The second-order valence-electron chi connectivity index (χ2n) is 3.91. The number of nitrogens with zero attached hydrogens (tertiary/aromatic N) is 1. The number of carbonyl (C=O) groups is 2. The summed E-state index contributed by atoms with van der Waals surface area (Å²) in [4.78, 5) is 24.6. The smallest absolute Gasteiger partial charge is 0.336 e. The van der Waals surface area contributed by atoms with Gasteiger partial charge in [0.15, 0.2) is 0 Å². The Morgan fingerprint density at radius 3 is 2.35 bits per heavy atom. The van der Waals surface area contributed by atoms with Crippen LogP contribution in [0.5, 0.6) is 0 Å². The van der Waals surface area contributed by atoms with Crippen LogP contribution in [-0.4, -0.2) is 49.1 Å². The van der Waals surface area contributed by atoms with Crippen LogP contribution >= 0.6 is 0 Å². The van der Waals surface area contributed by atoms with Gasteiger partial charge in [-0.2, -0.15) is 0 Å². The van der Waals surface area contributed by atoms with E-state index in [0.29, 0.717) is 13.1 Å². The number of carboxylic acids is 1. The molecule has 2 N–H and O–H groups in total. The highest BCUT2D eigenvalue weighted by atomic mass is 16.4. The highest BCUT2D eigenvalue weighted by molar-refractivity contribution is 6.04. The van der Waals surface area contributed by atoms with Gasteiger partial charge in [-0.15, -0.1) is 0 Å². The minimum absolute atomic E-state index is 0.0230. The van der Waals surface area contributed by atoms with E-state index in [0.717, 1.165) is 0 Å². The van der Waals surface area contributed by atoms with Gasteiger partial charge in [0.1, 0.15) is 0 Å². The Balaban J connectivity index is 2.72. The Bertz CT molecular complexity index is 416. The van der Waals surface area contributed by atoms with Gasteiger partial charge in [0.05, 0.1) is 11.1 Å². The third kappa shape index (κ3) is 3.88. The third-order valence-corrected chi connectivity index (χ3v) is 2.25. The van der Waals surface area contributed by atoms with Gasteiger partial charge in [-0.05, 0) is 26.2 Å². The summed E-state index contributed by atoms with van der Waals surface area (Å²) in [5.74, 6) is -1.45. The van der Waals surface area contributed by atoms with Crippen molar-refractivity contribution in [3.63, 3.8) is 0 Å². The maximum absolute atomic E-state index is 11.8. The molecular formula is C12H16N2O3. The topological polar surface area (TPSA) is 69.6 Å². The van der Waals surface area contributed by atoms with Gasteiger partial charge < -0.3 is 15.3 Å². The average Bonchev–Trinajstić information content (AvgIpc) is 2.28. The number of carbonyl (C=O) groups excluding carboxylic acids is 1. The van der Waals surface area contributed by atoms with Crippen molar-refractivity contribution >= 4 is 11.9 Å². The molecule has 1 aromatic rings. The van der Waals surface area contributed by atoms with E-state index < -0.39 is 5.97 Å². The summed E-state index contributed by atoms with van der Waals surface area (Å²) in [7, 11) is 3.80. The van der Waals surface area contributed by atoms with E-state index in [1.54, 1.807) is 12.1 Å². The molecular weight excluding hydrogens is 220 g/mol. The number of benzene rings is 1. The number of nitrogens with one attached hydrogen (secondary N) is 1. The predicted octanol–water partition coefficient (Wildman–Crippen LogP) is 0.676. The first-order chi connectivity index (χ1) is 8.02. The number of hydrogen-bond donors (Lipinski definition) is 2. The minimum Gasteiger partial charge on any atom is -0.478 e. The second kappa shape index (κ2) is 6.00. The fourth-order valence-corrected chi connectivity index (χ4v) is 1.36. The molecule has 0 bridgehead atoms. The normalized spacial score (nSPS) is 10.3. The second-order valence-corrected chi connectivity index (χ2v) is 3.91. The number of likely N-dealkylation sites (N-methyl/N-ethyl adjacent to an activating group) is 1. The number of rotatable bonds is 5. The molecule has 5 heteroatoms. The maximum Gasteiger partial charge on any atom is 0.336 e. The molecule has 0 atom stereocenters. The average molecular weight is 236 g/mol. The summed E-state index contributed by atoms with van der Waals surface area (Å²) in [6.07, 6.45) is 0. The Labute approximate surface area is 100 Å². The summed E-state index contributed by atoms with van der Waals surface area (Å²) in [6, 6.07) is 6.17. The van der Waals surface area contributed by atoms with Crippen molar-refractivity contribution in [3.05, 3.63) is 35.4 Å². The van der Waals surface area contributed by atoms with Crippen molar-refractivity contribution < 1.29 is 14.7 Å². The Morgan fingerprint density at radius 2 is 1.82 bits per heavy atom. The van der Waals surface area contributed by atoms with Crippen LogP contribution in [-0.2, 0) is 0 Å². The summed E-state index contributed by atoms with van der Waals surface area (Å²) in [5.41, 5.74) is 0.216. The molecule has 0 aliphatic heterocycles. The molecule has 0 saturated heterocycles. The monoisotopic (exact) mass is 236 g/mol. The minimum atomic E-state index is -1.09. The van der Waals surface area contributed by atoms with Crippen molar-refractivity contribution in [3.8, 4) is 0 Å². The van der Waals surface area contributed by atoms with Crippen LogP contribution in [0.25, 0.3) is 0 Å². The zero-order valence-electron chi connectivity index (χ0n) is 9.93. The van der Waals surface area contributed by atoms with E-state index in [2.05, 4.69) is 5.32 Å². The van der Waals surface area contributed by atoms with Gasteiger partial charge in [0, 0.05) is 13.1 Å². The largest absolute Gasteiger partial charge is 0.478 e. The van der Waals surface area contributed by atoms with Crippen LogP contribution < -0.4 is 5.32 Å². The SMILES string of the molecule is CN(C)CCNC(=O)c1ccccc1C(=O)O. The van der Waals surface area contributed by atoms with Crippen LogP contribution in [0.3, 0.4) is 0 Å². The molecule has 0 spiro atoms. The number of aromatic carboxylic acids is 1. The van der Waals surface area contributed by atoms with E-state index in [1.807, 2.05) is 19.0 Å². The van der Waals surface area contributed by atoms with E-state index in [9.17, 15) is 9.59 Å². The lowest BCUT2D eigenvalue weighted by atomic mass is 10.1. The Hall–Kier alpha value is -1.88. The molecule has 5 nitrogen and oxygen atoms in total. The molecule has 1 rings (SSSR count). The molecule has 1 amide bonds. The molecule has 92 valence electrons. The lowest BCUT2D eigenvalue weighted by Crippen LogP contribution is -2.32. The van der Waals surface area contributed by atoms with Crippen LogP contribution in [0.1, 0.15) is 20.7 Å². The summed E-state index contributed by atoms with van der Waals surface area (Å²) in [6.45, 7) is 1.20. The molecule has 17 heavy (non-hydrogen) atoms. The molecule has 0 unspecified atom stereocenters. The molecule has 0 radical (unpaired) electrons. The van der Waals surface area contributed by atoms with Crippen LogP contribution in [0.15, 0.2) is 24.3 Å². The van der Waals surface area contributed by atoms with Crippen LogP contribution in [0, 0.1) is 0 Å². The van der Waals surface area contributed by atoms with E-state index >= 15 is 0 Å². The summed E-state index contributed by atoms with van der Waals surface area (Å²) in [5, 5.41) is 11.6. The highest BCUT2D eigenvalue weighted by Crippen LogP contribution is 2.08. The van der Waals surface area contributed by atoms with Gasteiger partial charge >= 0.3 is 5.97 Å². The fraction of sp³-hybridized carbons (Fsp3) is 0.333. The summed E-state index contributed by atoms with van der Waals surface area (Å²) >= 11 is 0. The first-order valence-electron chi connectivity index (χ1n) is 5.27. The van der Waals surface area contributed by atoms with Crippen LogP contribution in [0.4, 0.5) is 0 Å². The lowest BCUT2D eigenvalue weighted by Gasteiger charge is -2.11. The zero-order chi connectivity index (χ0) is 12.8. The van der Waals surface area contributed by atoms with Gasteiger partial charge in [0.2, 0.25) is 0 Å². The van der Waals surface area contributed by atoms with Crippen molar-refractivity contribution in [2.75, 3.05) is 27.2 Å². The fourth-order valence-electron chi connectivity index (χ4n) is 1.36. The molecule has 0 aliphatic rings. The Morgan fingerprint density at radius 1 is 1.24 bits per heavy atom. The van der Waals surface area contributed by atoms with Gasteiger partial charge in [0.25, 0.3) is 5.91 Å². The molecule has 1 aromatic carbocycles. The number of carboxylic acid groups (broad SMARTS) is 1. The van der Waals surface area contributed by atoms with Crippen molar-refractivity contribution in [1.82, 2.24) is 10.2 Å². The van der Waals surface area contributed by atoms with Gasteiger partial charge in [-0.3, -0.25) is 4.79 Å². The maximum atomic E-state index is 11.8. The first kappa shape index (κ1) is 13.2. The quantitative estimate of drug-likeness (QED) is 0.788. The van der Waals surface area contributed by atoms with Crippen molar-refractivity contribution in [2.24, 2.45) is 0 Å². The first-order valence-corrected chi connectivity index (χ1v) is 5.27. The standard InChI is InChI=1S/C12H16N2O3/c1-14(2)8-7-13-11(15)9-5-3-4-6-10(9)12(16)17/h3-6H,7-8H2,1-2H3,(H,13,15)(H,16,17). The van der Waals surface area contributed by atoms with Crippen molar-refractivity contribution in [1.29, 1.82) is 0 Å². The summed E-state index contributed by atoms with van der Waals surface area (Å²) < 4.78 is 0. The van der Waals surface area contributed by atoms with E-state index in [4.69, 9.17) is 5.11 Å².